The molecular weight excluding hydrogens is 297 g/mol. The van der Waals surface area contributed by atoms with Crippen molar-refractivity contribution in [1.29, 1.82) is 0 Å². The van der Waals surface area contributed by atoms with E-state index < -0.39 is 5.97 Å². The summed E-state index contributed by atoms with van der Waals surface area (Å²) in [6.07, 6.45) is 1.58. The van der Waals surface area contributed by atoms with E-state index in [0.717, 1.165) is 5.56 Å². The summed E-state index contributed by atoms with van der Waals surface area (Å²) in [6, 6.07) is 8.33. The van der Waals surface area contributed by atoms with Crippen molar-refractivity contribution in [3.63, 3.8) is 0 Å². The van der Waals surface area contributed by atoms with E-state index in [0.29, 0.717) is 30.2 Å². The lowest BCUT2D eigenvalue weighted by Gasteiger charge is -2.15. The van der Waals surface area contributed by atoms with Crippen LogP contribution in [0.5, 0.6) is 0 Å². The van der Waals surface area contributed by atoms with E-state index >= 15 is 0 Å². The van der Waals surface area contributed by atoms with Crippen molar-refractivity contribution in [2.45, 2.75) is 13.5 Å². The van der Waals surface area contributed by atoms with Crippen LogP contribution in [-0.4, -0.2) is 31.7 Å². The molecule has 0 aliphatic carbocycles. The summed E-state index contributed by atoms with van der Waals surface area (Å²) < 4.78 is 19.0. The zero-order valence-corrected chi connectivity index (χ0v) is 13.5. The first-order valence-corrected chi connectivity index (χ1v) is 7.34. The van der Waals surface area contributed by atoms with Gasteiger partial charge >= 0.3 is 5.97 Å². The lowest BCUT2D eigenvalue weighted by atomic mass is 10.2. The Morgan fingerprint density at radius 1 is 1.35 bits per heavy atom. The molecule has 2 aromatic rings. The number of pyridine rings is 1. The van der Waals surface area contributed by atoms with Crippen LogP contribution in [0.3, 0.4) is 0 Å². The summed E-state index contributed by atoms with van der Waals surface area (Å²) in [6.45, 7) is 2.40. The third-order valence-corrected chi connectivity index (χ3v) is 3.26. The standard InChI is InChI=1S/C17H20FN3O2/c1-4-23-17(22)13-6-5-9-19-16(13)20-11-12-7-8-15(21(2)3)14(18)10-12/h5-10H,4,11H2,1-3H3,(H,19,20). The molecule has 122 valence electrons. The maximum atomic E-state index is 14.0. The van der Waals surface area contributed by atoms with Gasteiger partial charge in [0.1, 0.15) is 17.2 Å². The van der Waals surface area contributed by atoms with Crippen LogP contribution in [-0.2, 0) is 11.3 Å². The minimum atomic E-state index is -0.433. The number of hydrogen-bond donors (Lipinski definition) is 1. The molecule has 2 rings (SSSR count). The molecular formula is C17H20FN3O2. The van der Waals surface area contributed by atoms with E-state index in [9.17, 15) is 9.18 Å². The third-order valence-electron chi connectivity index (χ3n) is 3.26. The van der Waals surface area contributed by atoms with Crippen LogP contribution in [0.25, 0.3) is 0 Å². The fourth-order valence-corrected chi connectivity index (χ4v) is 2.13. The SMILES string of the molecule is CCOC(=O)c1cccnc1NCc1ccc(N(C)C)c(F)c1. The molecule has 6 heteroatoms. The first-order valence-electron chi connectivity index (χ1n) is 7.34. The lowest BCUT2D eigenvalue weighted by Crippen LogP contribution is -2.12. The van der Waals surface area contributed by atoms with Gasteiger partial charge in [0.25, 0.3) is 0 Å². The molecule has 0 unspecified atom stereocenters. The van der Waals surface area contributed by atoms with Gasteiger partial charge in [-0.25, -0.2) is 14.2 Å². The van der Waals surface area contributed by atoms with Crippen LogP contribution in [0.1, 0.15) is 22.8 Å². The number of anilines is 2. The molecule has 0 aliphatic rings. The molecule has 0 aliphatic heterocycles. The molecule has 0 saturated carbocycles. The third kappa shape index (κ3) is 4.18. The second-order valence-electron chi connectivity index (χ2n) is 5.15. The van der Waals surface area contributed by atoms with Gasteiger partial charge in [0, 0.05) is 26.8 Å². The van der Waals surface area contributed by atoms with Gasteiger partial charge in [-0.1, -0.05) is 6.07 Å². The number of aromatic nitrogens is 1. The molecule has 1 aromatic heterocycles. The fraction of sp³-hybridized carbons (Fsp3) is 0.294. The molecule has 0 atom stereocenters. The van der Waals surface area contributed by atoms with Gasteiger partial charge in [0.05, 0.1) is 12.3 Å². The van der Waals surface area contributed by atoms with Crippen molar-refractivity contribution in [2.75, 3.05) is 30.9 Å². The van der Waals surface area contributed by atoms with Gasteiger partial charge in [-0.05, 0) is 36.8 Å². The Morgan fingerprint density at radius 2 is 2.13 bits per heavy atom. The average molecular weight is 317 g/mol. The van der Waals surface area contributed by atoms with Crippen molar-refractivity contribution in [2.24, 2.45) is 0 Å². The average Bonchev–Trinajstić information content (AvgIpc) is 2.53. The quantitative estimate of drug-likeness (QED) is 0.830. The van der Waals surface area contributed by atoms with E-state index in [4.69, 9.17) is 4.74 Å². The number of nitrogens with zero attached hydrogens (tertiary/aromatic N) is 2. The Bertz CT molecular complexity index is 689. The highest BCUT2D eigenvalue weighted by atomic mass is 19.1. The van der Waals surface area contributed by atoms with E-state index in [1.807, 2.05) is 6.07 Å². The normalized spacial score (nSPS) is 10.3. The number of carbonyl (C=O) groups excluding carboxylic acids is 1. The molecule has 1 heterocycles. The minimum absolute atomic E-state index is 0.291. The topological polar surface area (TPSA) is 54.5 Å². The Morgan fingerprint density at radius 3 is 2.78 bits per heavy atom. The number of ether oxygens (including phenoxy) is 1. The number of carbonyl (C=O) groups is 1. The largest absolute Gasteiger partial charge is 0.462 e. The van der Waals surface area contributed by atoms with Gasteiger partial charge in [0.15, 0.2) is 0 Å². The maximum Gasteiger partial charge on any atom is 0.341 e. The van der Waals surface area contributed by atoms with Crippen LogP contribution in [0.4, 0.5) is 15.9 Å². The zero-order valence-electron chi connectivity index (χ0n) is 13.5. The van der Waals surface area contributed by atoms with Crippen LogP contribution < -0.4 is 10.2 Å². The molecule has 0 bridgehead atoms. The van der Waals surface area contributed by atoms with E-state index in [1.165, 1.54) is 6.07 Å². The van der Waals surface area contributed by atoms with Crippen molar-refractivity contribution in [1.82, 2.24) is 4.98 Å². The molecule has 0 fully saturated rings. The van der Waals surface area contributed by atoms with Crippen molar-refractivity contribution in [3.05, 3.63) is 53.5 Å². The second-order valence-corrected chi connectivity index (χ2v) is 5.15. The van der Waals surface area contributed by atoms with Gasteiger partial charge in [-0.15, -0.1) is 0 Å². The van der Waals surface area contributed by atoms with Crippen LogP contribution in [0.2, 0.25) is 0 Å². The number of rotatable bonds is 6. The van der Waals surface area contributed by atoms with Gasteiger partial charge < -0.3 is 15.0 Å². The number of halogens is 1. The highest BCUT2D eigenvalue weighted by molar-refractivity contribution is 5.94. The number of esters is 1. The smallest absolute Gasteiger partial charge is 0.341 e. The van der Waals surface area contributed by atoms with Crippen LogP contribution in [0.15, 0.2) is 36.5 Å². The van der Waals surface area contributed by atoms with E-state index in [2.05, 4.69) is 10.3 Å². The molecule has 23 heavy (non-hydrogen) atoms. The van der Waals surface area contributed by atoms with Gasteiger partial charge in [0.2, 0.25) is 0 Å². The summed E-state index contributed by atoms with van der Waals surface area (Å²) >= 11 is 0. The van der Waals surface area contributed by atoms with Crippen LogP contribution >= 0.6 is 0 Å². The Labute approximate surface area is 135 Å². The molecule has 1 N–H and O–H groups in total. The number of hydrogen-bond acceptors (Lipinski definition) is 5. The summed E-state index contributed by atoms with van der Waals surface area (Å²) in [7, 11) is 3.58. The van der Waals surface area contributed by atoms with Gasteiger partial charge in [-0.3, -0.25) is 0 Å². The highest BCUT2D eigenvalue weighted by Crippen LogP contribution is 2.20. The monoisotopic (exact) mass is 317 g/mol. The fourth-order valence-electron chi connectivity index (χ4n) is 2.13. The van der Waals surface area contributed by atoms with Crippen LogP contribution in [0, 0.1) is 5.82 Å². The molecule has 0 spiro atoms. The molecule has 0 radical (unpaired) electrons. The summed E-state index contributed by atoms with van der Waals surface area (Å²) in [5.41, 5.74) is 1.65. The molecule has 0 amide bonds. The molecule has 0 saturated heterocycles. The Balaban J connectivity index is 2.12. The number of benzene rings is 1. The van der Waals surface area contributed by atoms with E-state index in [-0.39, 0.29) is 5.82 Å². The van der Waals surface area contributed by atoms with Crippen molar-refractivity contribution in [3.8, 4) is 0 Å². The highest BCUT2D eigenvalue weighted by Gasteiger charge is 2.13. The second kappa shape index (κ2) is 7.58. The summed E-state index contributed by atoms with van der Waals surface area (Å²) in [5, 5.41) is 3.05. The molecule has 5 nitrogen and oxygen atoms in total. The van der Waals surface area contributed by atoms with E-state index in [1.54, 1.807) is 50.3 Å². The predicted octanol–water partition coefficient (Wildman–Crippen LogP) is 3.08. The van der Waals surface area contributed by atoms with Crippen molar-refractivity contribution < 1.29 is 13.9 Å². The summed E-state index contributed by atoms with van der Waals surface area (Å²) in [5.74, 6) is -0.304. The Hall–Kier alpha value is -2.63. The number of nitrogens with one attached hydrogen (secondary N) is 1. The first-order chi connectivity index (χ1) is 11.0. The minimum Gasteiger partial charge on any atom is -0.462 e. The summed E-state index contributed by atoms with van der Waals surface area (Å²) in [4.78, 5) is 17.7. The van der Waals surface area contributed by atoms with Gasteiger partial charge in [-0.2, -0.15) is 0 Å². The van der Waals surface area contributed by atoms with Crippen molar-refractivity contribution >= 4 is 17.5 Å². The lowest BCUT2D eigenvalue weighted by molar-refractivity contribution is 0.0527. The maximum absolute atomic E-state index is 14.0. The Kier molecular flexibility index (Phi) is 5.51. The molecule has 1 aromatic carbocycles. The first kappa shape index (κ1) is 16.7. The zero-order chi connectivity index (χ0) is 16.8. The predicted molar refractivity (Wildman–Crippen MR) is 88.2 cm³/mol.